The topological polar surface area (TPSA) is 54.2 Å². The first-order chi connectivity index (χ1) is 8.16. The summed E-state index contributed by atoms with van der Waals surface area (Å²) in [4.78, 5) is 6.66. The van der Waals surface area contributed by atoms with Crippen LogP contribution in [0.1, 0.15) is 19.8 Å². The molecule has 1 aliphatic rings. The average molecular weight is 255 g/mol. The lowest BCUT2D eigenvalue weighted by atomic mass is 10.3. The van der Waals surface area contributed by atoms with Crippen LogP contribution in [0, 0.1) is 0 Å². The number of anilines is 2. The van der Waals surface area contributed by atoms with E-state index in [0.717, 1.165) is 6.54 Å². The third kappa shape index (κ3) is 3.23. The first-order valence-electron chi connectivity index (χ1n) is 6.07. The van der Waals surface area contributed by atoms with Crippen LogP contribution in [-0.4, -0.2) is 35.6 Å². The Morgan fingerprint density at radius 3 is 2.88 bits per heavy atom. The molecular weight excluding hydrogens is 236 g/mol. The Balaban J connectivity index is 1.90. The van der Waals surface area contributed by atoms with Crippen LogP contribution in [0.4, 0.5) is 11.5 Å². The van der Waals surface area contributed by atoms with Crippen LogP contribution >= 0.6 is 11.6 Å². The molecule has 0 radical (unpaired) electrons. The number of likely N-dealkylation sites (tertiary alicyclic amines) is 1. The van der Waals surface area contributed by atoms with E-state index in [2.05, 4.69) is 22.1 Å². The summed E-state index contributed by atoms with van der Waals surface area (Å²) < 4.78 is 0. The zero-order valence-corrected chi connectivity index (χ0v) is 10.9. The Hall–Kier alpha value is -1.00. The van der Waals surface area contributed by atoms with Gasteiger partial charge in [0.2, 0.25) is 0 Å². The van der Waals surface area contributed by atoms with Crippen LogP contribution in [0.2, 0.25) is 5.15 Å². The molecule has 1 saturated heterocycles. The number of hydrogen-bond acceptors (Lipinski definition) is 4. The monoisotopic (exact) mass is 254 g/mol. The summed E-state index contributed by atoms with van der Waals surface area (Å²) in [7, 11) is 0. The van der Waals surface area contributed by atoms with E-state index in [1.165, 1.54) is 25.9 Å². The van der Waals surface area contributed by atoms with Gasteiger partial charge in [-0.25, -0.2) is 4.98 Å². The number of hydrogen-bond donors (Lipinski definition) is 2. The molecule has 94 valence electrons. The van der Waals surface area contributed by atoms with Crippen molar-refractivity contribution >= 4 is 23.1 Å². The Morgan fingerprint density at radius 2 is 2.18 bits per heavy atom. The van der Waals surface area contributed by atoms with Crippen molar-refractivity contribution in [2.45, 2.75) is 25.8 Å². The molecule has 0 aliphatic carbocycles. The van der Waals surface area contributed by atoms with Gasteiger partial charge in [0, 0.05) is 12.6 Å². The van der Waals surface area contributed by atoms with Crippen LogP contribution in [-0.2, 0) is 0 Å². The Kier molecular flexibility index (Phi) is 4.07. The standard InChI is InChI=1S/C12H19ClN4/c1-9(17-6-2-3-7-17)8-15-12-10(14)4-5-11(13)16-12/h4-5,9H,2-3,6-8,14H2,1H3,(H,15,16). The minimum atomic E-state index is 0.468. The second kappa shape index (κ2) is 5.56. The summed E-state index contributed by atoms with van der Waals surface area (Å²) in [5.74, 6) is 0.684. The van der Waals surface area contributed by atoms with Crippen molar-refractivity contribution in [3.05, 3.63) is 17.3 Å². The number of aromatic nitrogens is 1. The highest BCUT2D eigenvalue weighted by Crippen LogP contribution is 2.19. The van der Waals surface area contributed by atoms with Gasteiger partial charge in [-0.3, -0.25) is 4.90 Å². The van der Waals surface area contributed by atoms with Crippen LogP contribution in [0.25, 0.3) is 0 Å². The molecule has 1 aromatic rings. The van der Waals surface area contributed by atoms with Crippen LogP contribution in [0.3, 0.4) is 0 Å². The van der Waals surface area contributed by atoms with Gasteiger partial charge in [0.05, 0.1) is 5.69 Å². The maximum absolute atomic E-state index is 5.84. The fourth-order valence-electron chi connectivity index (χ4n) is 2.14. The van der Waals surface area contributed by atoms with Gasteiger partial charge in [0.25, 0.3) is 0 Å². The number of halogens is 1. The molecular formula is C12H19ClN4. The first-order valence-corrected chi connectivity index (χ1v) is 6.44. The van der Waals surface area contributed by atoms with E-state index in [4.69, 9.17) is 17.3 Å². The predicted molar refractivity (Wildman–Crippen MR) is 72.4 cm³/mol. The number of nitrogens with one attached hydrogen (secondary N) is 1. The number of nitrogen functional groups attached to an aromatic ring is 1. The quantitative estimate of drug-likeness (QED) is 0.809. The molecule has 0 bridgehead atoms. The van der Waals surface area contributed by atoms with Gasteiger partial charge in [-0.1, -0.05) is 11.6 Å². The van der Waals surface area contributed by atoms with E-state index in [1.807, 2.05) is 0 Å². The fourth-order valence-corrected chi connectivity index (χ4v) is 2.29. The van der Waals surface area contributed by atoms with Crippen molar-refractivity contribution in [2.24, 2.45) is 0 Å². The summed E-state index contributed by atoms with van der Waals surface area (Å²) in [6, 6.07) is 3.97. The minimum absolute atomic E-state index is 0.468. The number of nitrogens with two attached hydrogens (primary N) is 1. The molecule has 17 heavy (non-hydrogen) atoms. The molecule has 0 saturated carbocycles. The molecule has 0 spiro atoms. The smallest absolute Gasteiger partial charge is 0.151 e. The number of nitrogens with zero attached hydrogens (tertiary/aromatic N) is 2. The van der Waals surface area contributed by atoms with E-state index >= 15 is 0 Å². The normalized spacial score (nSPS) is 18.2. The summed E-state index contributed by atoms with van der Waals surface area (Å²) >= 11 is 5.84. The predicted octanol–water partition coefficient (Wildman–Crippen LogP) is 2.21. The van der Waals surface area contributed by atoms with Crippen molar-refractivity contribution in [3.8, 4) is 0 Å². The van der Waals surface area contributed by atoms with Gasteiger partial charge in [0.15, 0.2) is 5.82 Å². The maximum atomic E-state index is 5.84. The molecule has 5 heteroatoms. The van der Waals surface area contributed by atoms with E-state index in [9.17, 15) is 0 Å². The third-order valence-corrected chi connectivity index (χ3v) is 3.43. The largest absolute Gasteiger partial charge is 0.396 e. The lowest BCUT2D eigenvalue weighted by molar-refractivity contribution is 0.269. The molecule has 2 heterocycles. The molecule has 0 aromatic carbocycles. The van der Waals surface area contributed by atoms with Crippen molar-refractivity contribution in [1.29, 1.82) is 0 Å². The highest BCUT2D eigenvalue weighted by Gasteiger charge is 2.17. The highest BCUT2D eigenvalue weighted by atomic mass is 35.5. The maximum Gasteiger partial charge on any atom is 0.151 e. The first kappa shape index (κ1) is 12.5. The molecule has 1 atom stereocenters. The lowest BCUT2D eigenvalue weighted by Crippen LogP contribution is -2.35. The Labute approximate surface area is 107 Å². The van der Waals surface area contributed by atoms with E-state index in [1.54, 1.807) is 12.1 Å². The molecule has 1 fully saturated rings. The van der Waals surface area contributed by atoms with Crippen molar-refractivity contribution in [2.75, 3.05) is 30.7 Å². The van der Waals surface area contributed by atoms with E-state index in [0.29, 0.717) is 22.7 Å². The van der Waals surface area contributed by atoms with Gasteiger partial charge >= 0.3 is 0 Å². The van der Waals surface area contributed by atoms with Crippen molar-refractivity contribution < 1.29 is 0 Å². The van der Waals surface area contributed by atoms with Gasteiger partial charge in [0.1, 0.15) is 5.15 Å². The Bertz CT molecular complexity index is 377. The average Bonchev–Trinajstić information content (AvgIpc) is 2.83. The zero-order chi connectivity index (χ0) is 12.3. The molecule has 0 amide bonds. The van der Waals surface area contributed by atoms with Gasteiger partial charge in [-0.05, 0) is 45.0 Å². The van der Waals surface area contributed by atoms with E-state index < -0.39 is 0 Å². The summed E-state index contributed by atoms with van der Waals surface area (Å²) in [6.45, 7) is 5.46. The van der Waals surface area contributed by atoms with E-state index in [-0.39, 0.29) is 0 Å². The number of rotatable bonds is 4. The third-order valence-electron chi connectivity index (χ3n) is 3.22. The SMILES string of the molecule is CC(CNc1nc(Cl)ccc1N)N1CCCC1. The number of pyridine rings is 1. The molecule has 1 aliphatic heterocycles. The molecule has 2 rings (SSSR count). The van der Waals surface area contributed by atoms with Crippen LogP contribution in [0.15, 0.2) is 12.1 Å². The van der Waals surface area contributed by atoms with Gasteiger partial charge in [-0.15, -0.1) is 0 Å². The molecule has 1 unspecified atom stereocenters. The van der Waals surface area contributed by atoms with Crippen molar-refractivity contribution in [1.82, 2.24) is 9.88 Å². The van der Waals surface area contributed by atoms with Crippen LogP contribution < -0.4 is 11.1 Å². The fraction of sp³-hybridized carbons (Fsp3) is 0.583. The summed E-state index contributed by atoms with van der Waals surface area (Å²) in [5.41, 5.74) is 6.47. The molecule has 3 N–H and O–H groups in total. The second-order valence-electron chi connectivity index (χ2n) is 4.54. The summed E-state index contributed by atoms with van der Waals surface area (Å²) in [5, 5.41) is 3.74. The summed E-state index contributed by atoms with van der Waals surface area (Å²) in [6.07, 6.45) is 2.61. The lowest BCUT2D eigenvalue weighted by Gasteiger charge is -2.24. The zero-order valence-electron chi connectivity index (χ0n) is 10.1. The van der Waals surface area contributed by atoms with Gasteiger partial charge in [-0.2, -0.15) is 0 Å². The van der Waals surface area contributed by atoms with Crippen molar-refractivity contribution in [3.63, 3.8) is 0 Å². The molecule has 4 nitrogen and oxygen atoms in total. The highest BCUT2D eigenvalue weighted by molar-refractivity contribution is 6.29. The molecule has 1 aromatic heterocycles. The van der Waals surface area contributed by atoms with Crippen LogP contribution in [0.5, 0.6) is 0 Å². The Morgan fingerprint density at radius 1 is 1.47 bits per heavy atom. The second-order valence-corrected chi connectivity index (χ2v) is 4.93. The van der Waals surface area contributed by atoms with Gasteiger partial charge < -0.3 is 11.1 Å². The minimum Gasteiger partial charge on any atom is -0.396 e.